The van der Waals surface area contributed by atoms with Crippen LogP contribution < -0.4 is 5.32 Å². The monoisotopic (exact) mass is 296 g/mol. The summed E-state index contributed by atoms with van der Waals surface area (Å²) < 4.78 is 15.9. The molecule has 2 nitrogen and oxygen atoms in total. The molecule has 0 radical (unpaired) electrons. The average Bonchev–Trinajstić information content (AvgIpc) is 2.71. The molecule has 90 valence electrons. The van der Waals surface area contributed by atoms with Crippen molar-refractivity contribution < 1.29 is 4.39 Å². The van der Waals surface area contributed by atoms with Gasteiger partial charge >= 0.3 is 0 Å². The summed E-state index contributed by atoms with van der Waals surface area (Å²) in [6.07, 6.45) is 2.03. The Hall–Kier alpha value is -1.13. The Morgan fingerprint density at radius 3 is 2.88 bits per heavy atom. The zero-order chi connectivity index (χ0) is 12.3. The first-order chi connectivity index (χ1) is 8.20. The second-order valence-corrected chi connectivity index (χ2v) is 4.75. The lowest BCUT2D eigenvalue weighted by Gasteiger charge is -2.10. The smallest absolute Gasteiger partial charge is 0.124 e. The van der Waals surface area contributed by atoms with Gasteiger partial charge in [0.2, 0.25) is 0 Å². The normalized spacial score (nSPS) is 10.8. The van der Waals surface area contributed by atoms with Crippen molar-refractivity contribution >= 4 is 15.9 Å². The number of benzene rings is 1. The van der Waals surface area contributed by atoms with Crippen LogP contribution in [0.4, 0.5) is 4.39 Å². The van der Waals surface area contributed by atoms with Crippen LogP contribution in [0.3, 0.4) is 0 Å². The Bertz CT molecular complexity index is 508. The Balaban J connectivity index is 2.22. The number of hydrogen-bond acceptors (Lipinski definition) is 1. The van der Waals surface area contributed by atoms with E-state index in [9.17, 15) is 4.39 Å². The average molecular weight is 297 g/mol. The van der Waals surface area contributed by atoms with E-state index < -0.39 is 0 Å². The van der Waals surface area contributed by atoms with Crippen molar-refractivity contribution in [3.63, 3.8) is 0 Å². The van der Waals surface area contributed by atoms with Crippen LogP contribution >= 0.6 is 15.9 Å². The number of aromatic nitrogens is 1. The van der Waals surface area contributed by atoms with Gasteiger partial charge in [-0.05, 0) is 36.9 Å². The number of halogens is 2. The minimum absolute atomic E-state index is 0.219. The van der Waals surface area contributed by atoms with E-state index in [1.165, 1.54) is 17.8 Å². The van der Waals surface area contributed by atoms with Gasteiger partial charge < -0.3 is 9.88 Å². The Labute approximate surface area is 109 Å². The van der Waals surface area contributed by atoms with Gasteiger partial charge in [0.05, 0.1) is 0 Å². The molecule has 0 unspecified atom stereocenters. The molecule has 1 aromatic carbocycles. The maximum Gasteiger partial charge on any atom is 0.124 e. The lowest BCUT2D eigenvalue weighted by molar-refractivity contribution is 0.624. The Kier molecular flexibility index (Phi) is 3.97. The first kappa shape index (κ1) is 12.3. The maximum absolute atomic E-state index is 13.0. The van der Waals surface area contributed by atoms with Crippen molar-refractivity contribution in [1.82, 2.24) is 9.88 Å². The molecule has 0 amide bonds. The molecule has 0 aliphatic carbocycles. The highest BCUT2D eigenvalue weighted by Crippen LogP contribution is 2.19. The Morgan fingerprint density at radius 2 is 2.18 bits per heavy atom. The summed E-state index contributed by atoms with van der Waals surface area (Å²) in [5.74, 6) is -0.219. The molecule has 0 atom stereocenters. The molecule has 4 heteroatoms. The van der Waals surface area contributed by atoms with E-state index in [0.717, 1.165) is 23.1 Å². The maximum atomic E-state index is 13.0. The van der Waals surface area contributed by atoms with Gasteiger partial charge in [0.25, 0.3) is 0 Å². The van der Waals surface area contributed by atoms with Crippen LogP contribution in [0.1, 0.15) is 11.3 Å². The fourth-order valence-electron chi connectivity index (χ4n) is 1.78. The van der Waals surface area contributed by atoms with Crippen molar-refractivity contribution in [1.29, 1.82) is 0 Å². The molecule has 0 aliphatic heterocycles. The predicted molar refractivity (Wildman–Crippen MR) is 70.4 cm³/mol. The predicted octanol–water partition coefficient (Wildman–Crippen LogP) is 3.16. The molecule has 17 heavy (non-hydrogen) atoms. The first-order valence-electron chi connectivity index (χ1n) is 5.43. The summed E-state index contributed by atoms with van der Waals surface area (Å²) in [5.41, 5.74) is 2.28. The van der Waals surface area contributed by atoms with Crippen LogP contribution in [0.2, 0.25) is 0 Å². The van der Waals surface area contributed by atoms with Gasteiger partial charge in [-0.2, -0.15) is 0 Å². The summed E-state index contributed by atoms with van der Waals surface area (Å²) in [5, 5.41) is 3.13. The second kappa shape index (κ2) is 5.47. The van der Waals surface area contributed by atoms with Crippen LogP contribution in [0.15, 0.2) is 41.0 Å². The van der Waals surface area contributed by atoms with Gasteiger partial charge in [-0.25, -0.2) is 4.39 Å². The zero-order valence-corrected chi connectivity index (χ0v) is 11.2. The van der Waals surface area contributed by atoms with Crippen LogP contribution in [0.25, 0.3) is 0 Å². The Morgan fingerprint density at radius 1 is 1.35 bits per heavy atom. The fraction of sp³-hybridized carbons (Fsp3) is 0.231. The molecule has 0 bridgehead atoms. The van der Waals surface area contributed by atoms with Crippen LogP contribution in [0.5, 0.6) is 0 Å². The molecule has 0 saturated heterocycles. The highest BCUT2D eigenvalue weighted by molar-refractivity contribution is 9.10. The van der Waals surface area contributed by atoms with E-state index in [2.05, 4.69) is 31.9 Å². The van der Waals surface area contributed by atoms with Gasteiger partial charge in [-0.1, -0.05) is 22.0 Å². The molecule has 2 rings (SSSR count). The summed E-state index contributed by atoms with van der Waals surface area (Å²) >= 11 is 3.39. The summed E-state index contributed by atoms with van der Waals surface area (Å²) in [6.45, 7) is 1.57. The third kappa shape index (κ3) is 2.96. The first-order valence-corrected chi connectivity index (χ1v) is 6.22. The number of rotatable bonds is 4. The van der Waals surface area contributed by atoms with Gasteiger partial charge in [-0.3, -0.25) is 0 Å². The van der Waals surface area contributed by atoms with E-state index in [0.29, 0.717) is 0 Å². The highest BCUT2D eigenvalue weighted by atomic mass is 79.9. The molecule has 0 aliphatic rings. The second-order valence-electron chi connectivity index (χ2n) is 3.89. The summed E-state index contributed by atoms with van der Waals surface area (Å²) in [6, 6.07) is 8.89. The number of hydrogen-bond donors (Lipinski definition) is 1. The molecular weight excluding hydrogens is 283 g/mol. The molecule has 1 N–H and O–H groups in total. The van der Waals surface area contributed by atoms with Crippen molar-refractivity contribution in [3.8, 4) is 0 Å². The quantitative estimate of drug-likeness (QED) is 0.917. The molecule has 0 fully saturated rings. The lowest BCUT2D eigenvalue weighted by Crippen LogP contribution is -2.11. The van der Waals surface area contributed by atoms with Crippen LogP contribution in [-0.4, -0.2) is 11.6 Å². The topological polar surface area (TPSA) is 17.0 Å². The summed E-state index contributed by atoms with van der Waals surface area (Å²) in [4.78, 5) is 0. The van der Waals surface area contributed by atoms with Gasteiger partial charge in [0.15, 0.2) is 0 Å². The van der Waals surface area contributed by atoms with Gasteiger partial charge in [-0.15, -0.1) is 0 Å². The number of nitrogens with one attached hydrogen (secondary N) is 1. The third-order valence-corrected chi connectivity index (χ3v) is 3.38. The number of nitrogens with zero attached hydrogens (tertiary/aromatic N) is 1. The standard InChI is InChI=1S/C13H14BrFN2/c1-16-8-12-3-2-6-17(12)9-10-4-5-11(15)7-13(10)14/h2-7,16H,8-9H2,1H3. The van der Waals surface area contributed by atoms with Gasteiger partial charge in [0, 0.05) is 29.5 Å². The minimum atomic E-state index is -0.219. The molecule has 0 spiro atoms. The van der Waals surface area contributed by atoms with E-state index >= 15 is 0 Å². The highest BCUT2D eigenvalue weighted by Gasteiger charge is 2.05. The largest absolute Gasteiger partial charge is 0.346 e. The van der Waals surface area contributed by atoms with E-state index in [1.807, 2.05) is 25.4 Å². The van der Waals surface area contributed by atoms with Crippen molar-refractivity contribution in [2.75, 3.05) is 7.05 Å². The molecule has 1 heterocycles. The van der Waals surface area contributed by atoms with Crippen molar-refractivity contribution in [2.24, 2.45) is 0 Å². The fourth-order valence-corrected chi connectivity index (χ4v) is 2.25. The van der Waals surface area contributed by atoms with Crippen molar-refractivity contribution in [2.45, 2.75) is 13.1 Å². The summed E-state index contributed by atoms with van der Waals surface area (Å²) in [7, 11) is 1.92. The van der Waals surface area contributed by atoms with E-state index in [4.69, 9.17) is 0 Å². The lowest BCUT2D eigenvalue weighted by atomic mass is 10.2. The molecule has 0 saturated carbocycles. The third-order valence-electron chi connectivity index (χ3n) is 2.64. The minimum Gasteiger partial charge on any atom is -0.346 e. The molecular formula is C13H14BrFN2. The van der Waals surface area contributed by atoms with Gasteiger partial charge in [0.1, 0.15) is 5.82 Å². The van der Waals surface area contributed by atoms with Crippen LogP contribution in [0, 0.1) is 5.82 Å². The SMILES string of the molecule is CNCc1cccn1Cc1ccc(F)cc1Br. The van der Waals surface area contributed by atoms with E-state index in [1.54, 1.807) is 0 Å². The molecule has 1 aromatic heterocycles. The molecule has 2 aromatic rings. The van der Waals surface area contributed by atoms with Crippen molar-refractivity contribution in [3.05, 3.63) is 58.1 Å². The van der Waals surface area contributed by atoms with Crippen LogP contribution in [-0.2, 0) is 13.1 Å². The zero-order valence-electron chi connectivity index (χ0n) is 9.58. The van der Waals surface area contributed by atoms with E-state index in [-0.39, 0.29) is 5.82 Å².